The average molecular weight is 283 g/mol. The van der Waals surface area contributed by atoms with Crippen LogP contribution in [0.4, 0.5) is 4.79 Å². The van der Waals surface area contributed by atoms with E-state index in [-0.39, 0.29) is 0 Å². The van der Waals surface area contributed by atoms with Crippen LogP contribution in [0.5, 0.6) is 0 Å². The molecule has 20 heavy (non-hydrogen) atoms. The zero-order valence-electron chi connectivity index (χ0n) is 13.2. The molecule has 1 rings (SSSR count). The van der Waals surface area contributed by atoms with E-state index in [1.54, 1.807) is 47.6 Å². The lowest BCUT2D eigenvalue weighted by Gasteiger charge is -2.34. The Morgan fingerprint density at radius 1 is 1.05 bits per heavy atom. The van der Waals surface area contributed by atoms with Crippen LogP contribution in [0.25, 0.3) is 0 Å². The van der Waals surface area contributed by atoms with Crippen LogP contribution < -0.4 is 0 Å². The van der Waals surface area contributed by atoms with Gasteiger partial charge < -0.3 is 9.47 Å². The van der Waals surface area contributed by atoms with E-state index in [1.807, 2.05) is 6.08 Å². The second-order valence-corrected chi connectivity index (χ2v) is 6.87. The molecule has 0 radical (unpaired) electrons. The van der Waals surface area contributed by atoms with Crippen molar-refractivity contribution in [3.63, 3.8) is 0 Å². The number of ether oxygens (including phenoxy) is 2. The molecule has 0 saturated heterocycles. The van der Waals surface area contributed by atoms with Crippen LogP contribution >= 0.6 is 0 Å². The van der Waals surface area contributed by atoms with Gasteiger partial charge in [0.2, 0.25) is 0 Å². The third-order valence-electron chi connectivity index (χ3n) is 2.47. The Kier molecular flexibility index (Phi) is 4.84. The van der Waals surface area contributed by atoms with Crippen LogP contribution in [0.15, 0.2) is 12.2 Å². The summed E-state index contributed by atoms with van der Waals surface area (Å²) in [5.74, 6) is -0.431. The predicted molar refractivity (Wildman–Crippen MR) is 76.3 cm³/mol. The van der Waals surface area contributed by atoms with Gasteiger partial charge in [0.25, 0.3) is 0 Å². The maximum absolute atomic E-state index is 12.2. The highest BCUT2D eigenvalue weighted by Crippen LogP contribution is 2.19. The maximum atomic E-state index is 12.2. The molecule has 0 fully saturated rings. The van der Waals surface area contributed by atoms with Gasteiger partial charge in [-0.05, 0) is 48.0 Å². The molecule has 0 spiro atoms. The van der Waals surface area contributed by atoms with Crippen LogP contribution in [0, 0.1) is 0 Å². The molecule has 0 N–H and O–H groups in total. The lowest BCUT2D eigenvalue weighted by atomic mass is 10.1. The van der Waals surface area contributed by atoms with Gasteiger partial charge in [0.1, 0.15) is 11.2 Å². The maximum Gasteiger partial charge on any atom is 0.411 e. The van der Waals surface area contributed by atoms with E-state index >= 15 is 0 Å². The average Bonchev–Trinajstić information content (AvgIpc) is 2.24. The highest BCUT2D eigenvalue weighted by molar-refractivity contribution is 5.84. The molecule has 1 heterocycles. The number of esters is 1. The van der Waals surface area contributed by atoms with Gasteiger partial charge in [-0.3, -0.25) is 4.90 Å². The van der Waals surface area contributed by atoms with Gasteiger partial charge >= 0.3 is 12.1 Å². The summed E-state index contributed by atoms with van der Waals surface area (Å²) in [7, 11) is 0. The van der Waals surface area contributed by atoms with E-state index in [1.165, 1.54) is 4.90 Å². The summed E-state index contributed by atoms with van der Waals surface area (Å²) in [4.78, 5) is 25.7. The topological polar surface area (TPSA) is 55.8 Å². The molecule has 0 bridgehead atoms. The number of hydrogen-bond acceptors (Lipinski definition) is 4. The van der Waals surface area contributed by atoms with E-state index in [2.05, 4.69) is 0 Å². The Morgan fingerprint density at radius 2 is 1.60 bits per heavy atom. The SMILES string of the molecule is CC(C)(C)OC(=O)[C@@H]1C=CCCN1C(=O)OC(C)(C)C. The fourth-order valence-corrected chi connectivity index (χ4v) is 1.78. The van der Waals surface area contributed by atoms with Crippen LogP contribution in [0.2, 0.25) is 0 Å². The summed E-state index contributed by atoms with van der Waals surface area (Å²) >= 11 is 0. The minimum absolute atomic E-state index is 0.431. The van der Waals surface area contributed by atoms with Gasteiger partial charge in [-0.15, -0.1) is 0 Å². The number of nitrogens with zero attached hydrogens (tertiary/aromatic N) is 1. The lowest BCUT2D eigenvalue weighted by Crippen LogP contribution is -2.49. The normalized spacial score (nSPS) is 19.7. The largest absolute Gasteiger partial charge is 0.458 e. The number of rotatable bonds is 1. The Balaban J connectivity index is 2.81. The molecular weight excluding hydrogens is 258 g/mol. The van der Waals surface area contributed by atoms with Crippen molar-refractivity contribution in [3.8, 4) is 0 Å². The highest BCUT2D eigenvalue weighted by atomic mass is 16.6. The first kappa shape index (κ1) is 16.5. The molecule has 0 unspecified atom stereocenters. The summed E-state index contributed by atoms with van der Waals surface area (Å²) in [6.45, 7) is 11.3. The lowest BCUT2D eigenvalue weighted by molar-refractivity contribution is -0.159. The molecular formula is C15H25NO4. The molecule has 1 atom stereocenters. The van der Waals surface area contributed by atoms with Crippen molar-refractivity contribution in [2.24, 2.45) is 0 Å². The second-order valence-electron chi connectivity index (χ2n) is 6.87. The van der Waals surface area contributed by atoms with Crippen molar-refractivity contribution >= 4 is 12.1 Å². The summed E-state index contributed by atoms with van der Waals surface area (Å²) in [5.41, 5.74) is -1.17. The molecule has 5 heteroatoms. The second kappa shape index (κ2) is 5.85. The standard InChI is InChI=1S/C15H25NO4/c1-14(2,3)19-12(17)11-9-7-8-10-16(11)13(18)20-15(4,5)6/h7,9,11H,8,10H2,1-6H3/t11-/m0/s1. The van der Waals surface area contributed by atoms with Crippen molar-refractivity contribution in [2.45, 2.75) is 65.2 Å². The smallest absolute Gasteiger partial charge is 0.411 e. The quantitative estimate of drug-likeness (QED) is 0.548. The number of carbonyl (C=O) groups excluding carboxylic acids is 2. The third kappa shape index (κ3) is 5.23. The Morgan fingerprint density at radius 3 is 2.10 bits per heavy atom. The van der Waals surface area contributed by atoms with Crippen LogP contribution in [0.3, 0.4) is 0 Å². The number of hydrogen-bond donors (Lipinski definition) is 0. The Bertz CT molecular complexity index is 401. The van der Waals surface area contributed by atoms with Gasteiger partial charge in [-0.25, -0.2) is 9.59 Å². The minimum Gasteiger partial charge on any atom is -0.458 e. The fourth-order valence-electron chi connectivity index (χ4n) is 1.78. The summed E-state index contributed by atoms with van der Waals surface area (Å²) < 4.78 is 10.7. The van der Waals surface area contributed by atoms with Crippen molar-refractivity contribution in [1.82, 2.24) is 4.90 Å². The molecule has 0 aromatic rings. The number of carbonyl (C=O) groups is 2. The van der Waals surface area contributed by atoms with E-state index in [0.29, 0.717) is 13.0 Å². The van der Waals surface area contributed by atoms with Gasteiger partial charge in [-0.1, -0.05) is 12.2 Å². The third-order valence-corrected chi connectivity index (χ3v) is 2.47. The Labute approximate surface area is 120 Å². The zero-order valence-corrected chi connectivity index (χ0v) is 13.2. The van der Waals surface area contributed by atoms with Crippen LogP contribution in [-0.2, 0) is 14.3 Å². The van der Waals surface area contributed by atoms with Gasteiger partial charge in [-0.2, -0.15) is 0 Å². The van der Waals surface area contributed by atoms with Crippen molar-refractivity contribution < 1.29 is 19.1 Å². The zero-order chi connectivity index (χ0) is 15.6. The molecule has 0 saturated carbocycles. The predicted octanol–water partition coefficient (Wildman–Crippen LogP) is 2.89. The van der Waals surface area contributed by atoms with Crippen molar-refractivity contribution in [1.29, 1.82) is 0 Å². The van der Waals surface area contributed by atoms with Crippen LogP contribution in [0.1, 0.15) is 48.0 Å². The summed E-state index contributed by atoms with van der Waals surface area (Å²) in [5, 5.41) is 0. The van der Waals surface area contributed by atoms with E-state index in [0.717, 1.165) is 0 Å². The van der Waals surface area contributed by atoms with Crippen LogP contribution in [-0.4, -0.2) is 40.8 Å². The molecule has 1 aliphatic rings. The first-order valence-electron chi connectivity index (χ1n) is 6.89. The summed E-state index contributed by atoms with van der Waals surface area (Å²) in [6, 6.07) is -0.710. The monoisotopic (exact) mass is 283 g/mol. The molecule has 0 aromatic heterocycles. The first-order valence-corrected chi connectivity index (χ1v) is 6.89. The van der Waals surface area contributed by atoms with Crippen molar-refractivity contribution in [3.05, 3.63) is 12.2 Å². The molecule has 1 aliphatic heterocycles. The van der Waals surface area contributed by atoms with Crippen molar-refractivity contribution in [2.75, 3.05) is 6.54 Å². The Hall–Kier alpha value is -1.52. The number of amides is 1. The van der Waals surface area contributed by atoms with E-state index in [4.69, 9.17) is 9.47 Å². The van der Waals surface area contributed by atoms with Gasteiger partial charge in [0.05, 0.1) is 0 Å². The summed E-state index contributed by atoms with van der Waals surface area (Å²) in [6.07, 6.45) is 3.80. The molecule has 1 amide bonds. The minimum atomic E-state index is -0.710. The molecule has 5 nitrogen and oxygen atoms in total. The van der Waals surface area contributed by atoms with E-state index < -0.39 is 29.3 Å². The fraction of sp³-hybridized carbons (Fsp3) is 0.733. The molecule has 114 valence electrons. The van der Waals surface area contributed by atoms with E-state index in [9.17, 15) is 9.59 Å². The highest BCUT2D eigenvalue weighted by Gasteiger charge is 2.35. The first-order chi connectivity index (χ1) is 8.99. The van der Waals surface area contributed by atoms with Gasteiger partial charge in [0, 0.05) is 6.54 Å². The molecule has 0 aromatic carbocycles. The molecule has 0 aliphatic carbocycles. The van der Waals surface area contributed by atoms with Gasteiger partial charge in [0.15, 0.2) is 6.04 Å².